The highest BCUT2D eigenvalue weighted by atomic mass is 35.5. The van der Waals surface area contributed by atoms with E-state index in [1.165, 1.54) is 5.56 Å². The van der Waals surface area contributed by atoms with Gasteiger partial charge in [0.1, 0.15) is 0 Å². The van der Waals surface area contributed by atoms with Crippen LogP contribution in [-0.2, 0) is 6.42 Å². The van der Waals surface area contributed by atoms with Crippen LogP contribution in [-0.4, -0.2) is 16.1 Å². The van der Waals surface area contributed by atoms with Crippen molar-refractivity contribution < 1.29 is 4.79 Å². The lowest BCUT2D eigenvalue weighted by Gasteiger charge is -2.23. The Morgan fingerprint density at radius 3 is 3.08 bits per heavy atom. The number of fused-ring (bicyclic) bond motifs is 2. The summed E-state index contributed by atoms with van der Waals surface area (Å²) >= 11 is 6.10. The second-order valence-electron chi connectivity index (χ2n) is 6.15. The number of aromatic amines is 1. The molecule has 6 heteroatoms. The first kappa shape index (κ1) is 15.2. The van der Waals surface area contributed by atoms with Crippen LogP contribution < -0.4 is 11.1 Å². The van der Waals surface area contributed by atoms with Gasteiger partial charge in [-0.1, -0.05) is 17.7 Å². The topological polar surface area (TPSA) is 83.8 Å². The number of aromatic nitrogens is 2. The predicted octanol–water partition coefficient (Wildman–Crippen LogP) is 3.80. The summed E-state index contributed by atoms with van der Waals surface area (Å²) in [6.07, 6.45) is 4.76. The van der Waals surface area contributed by atoms with Crippen LogP contribution in [0.2, 0.25) is 5.02 Å². The zero-order chi connectivity index (χ0) is 16.7. The van der Waals surface area contributed by atoms with Gasteiger partial charge in [0.05, 0.1) is 17.3 Å². The Balaban J connectivity index is 1.66. The number of rotatable bonds is 2. The van der Waals surface area contributed by atoms with Crippen molar-refractivity contribution in [1.29, 1.82) is 0 Å². The first-order valence-electron chi connectivity index (χ1n) is 7.94. The number of nitrogens with two attached hydrogens (primary N) is 1. The van der Waals surface area contributed by atoms with E-state index in [1.807, 2.05) is 12.1 Å². The van der Waals surface area contributed by atoms with Gasteiger partial charge < -0.3 is 11.1 Å². The number of H-pyrrole nitrogens is 1. The first-order valence-corrected chi connectivity index (χ1v) is 8.32. The molecule has 0 aliphatic heterocycles. The molecule has 0 spiro atoms. The van der Waals surface area contributed by atoms with Gasteiger partial charge in [-0.25, -0.2) is 0 Å². The Bertz CT molecular complexity index is 934. The summed E-state index contributed by atoms with van der Waals surface area (Å²) < 4.78 is 0. The van der Waals surface area contributed by atoms with E-state index in [0.29, 0.717) is 10.6 Å². The normalized spacial score (nSPS) is 16.8. The molecule has 1 heterocycles. The molecule has 1 amide bonds. The molecule has 2 aromatic carbocycles. The number of carbonyl (C=O) groups is 1. The Labute approximate surface area is 144 Å². The van der Waals surface area contributed by atoms with Crippen LogP contribution in [0.4, 0.5) is 5.69 Å². The van der Waals surface area contributed by atoms with Crippen molar-refractivity contribution >= 4 is 34.1 Å². The molecule has 4 rings (SSSR count). The molecule has 0 fully saturated rings. The van der Waals surface area contributed by atoms with Crippen LogP contribution in [0.3, 0.4) is 0 Å². The van der Waals surface area contributed by atoms with Crippen molar-refractivity contribution in [1.82, 2.24) is 10.2 Å². The van der Waals surface area contributed by atoms with Crippen LogP contribution in [0.15, 0.2) is 36.5 Å². The van der Waals surface area contributed by atoms with Crippen molar-refractivity contribution in [3.05, 3.63) is 58.2 Å². The van der Waals surface area contributed by atoms with E-state index in [-0.39, 0.29) is 11.9 Å². The van der Waals surface area contributed by atoms with Gasteiger partial charge in [0.2, 0.25) is 0 Å². The van der Waals surface area contributed by atoms with Crippen LogP contribution in [0.25, 0.3) is 10.9 Å². The standard InChI is InChI=1S/C18H17ClN4O/c19-11-6-14(15-9-21-23-17(15)7-11)18(24)22-12-5-4-10-2-1-3-16(20)13(10)8-12/h4-9,16H,1-3,20H2,(H,21,23)(H,22,24)/t16-/m0/s1. The van der Waals surface area contributed by atoms with E-state index in [2.05, 4.69) is 21.6 Å². The molecule has 1 aliphatic carbocycles. The fourth-order valence-electron chi connectivity index (χ4n) is 3.32. The van der Waals surface area contributed by atoms with Gasteiger partial charge in [-0.15, -0.1) is 0 Å². The molecule has 0 unspecified atom stereocenters. The summed E-state index contributed by atoms with van der Waals surface area (Å²) in [4.78, 5) is 12.7. The van der Waals surface area contributed by atoms with Gasteiger partial charge in [-0.3, -0.25) is 9.89 Å². The number of nitrogens with zero attached hydrogens (tertiary/aromatic N) is 1. The minimum Gasteiger partial charge on any atom is -0.324 e. The predicted molar refractivity (Wildman–Crippen MR) is 95.4 cm³/mol. The third-order valence-electron chi connectivity index (χ3n) is 4.53. The molecule has 1 aromatic heterocycles. The maximum atomic E-state index is 12.7. The number of hydrogen-bond donors (Lipinski definition) is 3. The molecular formula is C18H17ClN4O. The van der Waals surface area contributed by atoms with E-state index < -0.39 is 0 Å². The van der Waals surface area contributed by atoms with Gasteiger partial charge in [-0.05, 0) is 54.7 Å². The fraction of sp³-hybridized carbons (Fsp3) is 0.222. The molecule has 24 heavy (non-hydrogen) atoms. The van der Waals surface area contributed by atoms with Crippen molar-refractivity contribution in [3.8, 4) is 0 Å². The summed E-state index contributed by atoms with van der Waals surface area (Å²) in [7, 11) is 0. The average molecular weight is 341 g/mol. The quantitative estimate of drug-likeness (QED) is 0.663. The van der Waals surface area contributed by atoms with Gasteiger partial charge in [-0.2, -0.15) is 5.10 Å². The minimum absolute atomic E-state index is 0.0392. The number of aryl methyl sites for hydroxylation is 1. The SMILES string of the molecule is N[C@H]1CCCc2ccc(NC(=O)c3cc(Cl)cc4[nH]ncc34)cc21. The number of anilines is 1. The summed E-state index contributed by atoms with van der Waals surface area (Å²) in [6.45, 7) is 0. The molecule has 4 N–H and O–H groups in total. The number of nitrogens with one attached hydrogen (secondary N) is 2. The van der Waals surface area contributed by atoms with Gasteiger partial charge in [0.15, 0.2) is 0 Å². The maximum Gasteiger partial charge on any atom is 0.256 e. The molecule has 0 bridgehead atoms. The summed E-state index contributed by atoms with van der Waals surface area (Å²) in [5.41, 5.74) is 10.6. The summed E-state index contributed by atoms with van der Waals surface area (Å²) in [5.74, 6) is -0.215. The molecular weight excluding hydrogens is 324 g/mol. The number of hydrogen-bond acceptors (Lipinski definition) is 3. The third-order valence-corrected chi connectivity index (χ3v) is 4.75. The highest BCUT2D eigenvalue weighted by Gasteiger charge is 2.18. The molecule has 1 aliphatic rings. The number of amides is 1. The zero-order valence-electron chi connectivity index (χ0n) is 13.0. The van der Waals surface area contributed by atoms with E-state index in [4.69, 9.17) is 17.3 Å². The molecule has 0 saturated carbocycles. The maximum absolute atomic E-state index is 12.7. The van der Waals surface area contributed by atoms with E-state index >= 15 is 0 Å². The lowest BCUT2D eigenvalue weighted by Crippen LogP contribution is -2.18. The average Bonchev–Trinajstić information content (AvgIpc) is 3.03. The zero-order valence-corrected chi connectivity index (χ0v) is 13.7. The summed E-state index contributed by atoms with van der Waals surface area (Å²) in [6, 6.07) is 9.39. The Hall–Kier alpha value is -2.37. The molecule has 5 nitrogen and oxygen atoms in total. The van der Waals surface area contributed by atoms with Crippen molar-refractivity contribution in [2.75, 3.05) is 5.32 Å². The van der Waals surface area contributed by atoms with Crippen molar-refractivity contribution in [2.45, 2.75) is 25.3 Å². The Kier molecular flexibility index (Phi) is 3.75. The first-order chi connectivity index (χ1) is 11.6. The Morgan fingerprint density at radius 2 is 2.21 bits per heavy atom. The smallest absolute Gasteiger partial charge is 0.256 e. The van der Waals surface area contributed by atoms with Crippen LogP contribution in [0.5, 0.6) is 0 Å². The van der Waals surface area contributed by atoms with Crippen LogP contribution >= 0.6 is 11.6 Å². The second kappa shape index (κ2) is 5.92. The molecule has 0 radical (unpaired) electrons. The monoisotopic (exact) mass is 340 g/mol. The minimum atomic E-state index is -0.215. The second-order valence-corrected chi connectivity index (χ2v) is 6.59. The molecule has 122 valence electrons. The summed E-state index contributed by atoms with van der Waals surface area (Å²) in [5, 5.41) is 11.0. The molecule has 0 saturated heterocycles. The third kappa shape index (κ3) is 2.66. The van der Waals surface area contributed by atoms with Gasteiger partial charge >= 0.3 is 0 Å². The van der Waals surface area contributed by atoms with Crippen LogP contribution in [0.1, 0.15) is 40.4 Å². The lowest BCUT2D eigenvalue weighted by atomic mass is 9.88. The highest BCUT2D eigenvalue weighted by molar-refractivity contribution is 6.32. The highest BCUT2D eigenvalue weighted by Crippen LogP contribution is 2.30. The molecule has 1 atom stereocenters. The van der Waals surface area contributed by atoms with Gasteiger partial charge in [0, 0.05) is 22.1 Å². The number of carbonyl (C=O) groups excluding carboxylic acids is 1. The number of benzene rings is 2. The lowest BCUT2D eigenvalue weighted by molar-refractivity contribution is 0.102. The van der Waals surface area contributed by atoms with E-state index in [9.17, 15) is 4.79 Å². The fourth-order valence-corrected chi connectivity index (χ4v) is 3.53. The van der Waals surface area contributed by atoms with Crippen LogP contribution in [0, 0.1) is 0 Å². The van der Waals surface area contributed by atoms with Crippen molar-refractivity contribution in [2.24, 2.45) is 5.73 Å². The molecule has 3 aromatic rings. The van der Waals surface area contributed by atoms with E-state index in [1.54, 1.807) is 18.3 Å². The Morgan fingerprint density at radius 1 is 1.33 bits per heavy atom. The van der Waals surface area contributed by atoms with Gasteiger partial charge in [0.25, 0.3) is 5.91 Å². The largest absolute Gasteiger partial charge is 0.324 e. The number of halogens is 1. The van der Waals surface area contributed by atoms with E-state index in [0.717, 1.165) is 41.4 Å². The van der Waals surface area contributed by atoms with Crippen molar-refractivity contribution in [3.63, 3.8) is 0 Å².